The van der Waals surface area contributed by atoms with Crippen LogP contribution in [0.2, 0.25) is 0 Å². The number of hydrogen-bond donors (Lipinski definition) is 1. The molecular weight excluding hydrogens is 246 g/mol. The van der Waals surface area contributed by atoms with E-state index in [2.05, 4.69) is 21.2 Å². The second-order valence-corrected chi connectivity index (χ2v) is 4.09. The molecule has 1 atom stereocenters. The molecule has 1 N–H and O–H groups in total. The minimum atomic E-state index is 0.172. The molecule has 0 aliphatic rings. The van der Waals surface area contributed by atoms with Gasteiger partial charge in [-0.2, -0.15) is 0 Å². The molecule has 0 amide bonds. The Balaban J connectivity index is 2.58. The SMILES string of the molecule is CNC(COC(C)C)c1ccoc1Br. The fourth-order valence-corrected chi connectivity index (χ4v) is 1.69. The minimum Gasteiger partial charge on any atom is -0.457 e. The van der Waals surface area contributed by atoms with Crippen molar-refractivity contribution in [3.8, 4) is 0 Å². The Labute approximate surface area is 92.9 Å². The summed E-state index contributed by atoms with van der Waals surface area (Å²) in [6.45, 7) is 4.70. The van der Waals surface area contributed by atoms with Crippen LogP contribution in [0.25, 0.3) is 0 Å². The van der Waals surface area contributed by atoms with Crippen LogP contribution in [-0.4, -0.2) is 19.8 Å². The van der Waals surface area contributed by atoms with Crippen LogP contribution in [0.1, 0.15) is 25.5 Å². The number of ether oxygens (including phenoxy) is 1. The summed E-state index contributed by atoms with van der Waals surface area (Å²) in [5.74, 6) is 0. The second kappa shape index (κ2) is 5.53. The van der Waals surface area contributed by atoms with Crippen LogP contribution in [0.5, 0.6) is 0 Å². The van der Waals surface area contributed by atoms with E-state index in [9.17, 15) is 0 Å². The fraction of sp³-hybridized carbons (Fsp3) is 0.600. The lowest BCUT2D eigenvalue weighted by molar-refractivity contribution is 0.0623. The highest BCUT2D eigenvalue weighted by Gasteiger charge is 2.15. The summed E-state index contributed by atoms with van der Waals surface area (Å²) < 4.78 is 11.5. The first-order valence-electron chi connectivity index (χ1n) is 4.67. The lowest BCUT2D eigenvalue weighted by Crippen LogP contribution is -2.23. The molecule has 1 rings (SSSR count). The van der Waals surface area contributed by atoms with Gasteiger partial charge >= 0.3 is 0 Å². The quantitative estimate of drug-likeness (QED) is 0.885. The van der Waals surface area contributed by atoms with Gasteiger partial charge in [0.1, 0.15) is 0 Å². The van der Waals surface area contributed by atoms with E-state index in [1.807, 2.05) is 27.0 Å². The van der Waals surface area contributed by atoms with Crippen LogP contribution in [0.4, 0.5) is 0 Å². The van der Waals surface area contributed by atoms with Crippen LogP contribution in [0, 0.1) is 0 Å². The van der Waals surface area contributed by atoms with E-state index in [0.717, 1.165) is 10.2 Å². The Morgan fingerprint density at radius 2 is 2.29 bits per heavy atom. The fourth-order valence-electron chi connectivity index (χ4n) is 1.17. The molecule has 0 aromatic carbocycles. The predicted octanol–water partition coefficient (Wildman–Crippen LogP) is 2.73. The molecule has 14 heavy (non-hydrogen) atoms. The van der Waals surface area contributed by atoms with Crippen molar-refractivity contribution in [2.24, 2.45) is 0 Å². The van der Waals surface area contributed by atoms with E-state index < -0.39 is 0 Å². The third-order valence-corrected chi connectivity index (χ3v) is 2.61. The van der Waals surface area contributed by atoms with Gasteiger partial charge in [-0.05, 0) is 42.9 Å². The lowest BCUT2D eigenvalue weighted by Gasteiger charge is -2.17. The Hall–Kier alpha value is -0.320. The van der Waals surface area contributed by atoms with Gasteiger partial charge in [0.15, 0.2) is 4.67 Å². The standard InChI is InChI=1S/C10H16BrNO2/c1-7(2)14-6-9(12-3)8-4-5-13-10(8)11/h4-5,7,9,12H,6H2,1-3H3. The maximum absolute atomic E-state index is 5.55. The molecule has 3 nitrogen and oxygen atoms in total. The number of nitrogens with one attached hydrogen (secondary N) is 1. The average Bonchev–Trinajstić information content (AvgIpc) is 2.53. The molecule has 0 bridgehead atoms. The van der Waals surface area contributed by atoms with Gasteiger partial charge in [0.25, 0.3) is 0 Å². The van der Waals surface area contributed by atoms with Crippen LogP contribution >= 0.6 is 15.9 Å². The van der Waals surface area contributed by atoms with Crippen molar-refractivity contribution in [1.29, 1.82) is 0 Å². The summed E-state index contributed by atoms with van der Waals surface area (Å²) in [6, 6.07) is 2.11. The first kappa shape index (κ1) is 11.8. The lowest BCUT2D eigenvalue weighted by atomic mass is 10.2. The maximum atomic E-state index is 5.55. The minimum absolute atomic E-state index is 0.172. The Kier molecular flexibility index (Phi) is 4.65. The zero-order chi connectivity index (χ0) is 10.6. The molecule has 1 heterocycles. The zero-order valence-electron chi connectivity index (χ0n) is 8.71. The Morgan fingerprint density at radius 1 is 1.57 bits per heavy atom. The van der Waals surface area contributed by atoms with Crippen LogP contribution in [0.3, 0.4) is 0 Å². The molecule has 4 heteroatoms. The monoisotopic (exact) mass is 261 g/mol. The maximum Gasteiger partial charge on any atom is 0.173 e. The Bertz CT molecular complexity index is 273. The van der Waals surface area contributed by atoms with E-state index in [0.29, 0.717) is 6.61 Å². The van der Waals surface area contributed by atoms with Gasteiger partial charge in [-0.1, -0.05) is 0 Å². The first-order valence-corrected chi connectivity index (χ1v) is 5.46. The molecular formula is C10H16BrNO2. The summed E-state index contributed by atoms with van der Waals surface area (Å²) >= 11 is 3.35. The molecule has 80 valence electrons. The highest BCUT2D eigenvalue weighted by molar-refractivity contribution is 9.10. The molecule has 1 unspecified atom stereocenters. The molecule has 1 aromatic heterocycles. The van der Waals surface area contributed by atoms with Gasteiger partial charge < -0.3 is 14.5 Å². The molecule has 0 aliphatic heterocycles. The Morgan fingerprint density at radius 3 is 2.71 bits per heavy atom. The smallest absolute Gasteiger partial charge is 0.173 e. The van der Waals surface area contributed by atoms with Crippen LogP contribution < -0.4 is 5.32 Å². The number of hydrogen-bond acceptors (Lipinski definition) is 3. The number of furan rings is 1. The van der Waals surface area contributed by atoms with E-state index in [4.69, 9.17) is 9.15 Å². The number of rotatable bonds is 5. The third-order valence-electron chi connectivity index (χ3n) is 1.97. The second-order valence-electron chi connectivity index (χ2n) is 3.37. The highest BCUT2D eigenvalue weighted by atomic mass is 79.9. The molecule has 0 fully saturated rings. The van der Waals surface area contributed by atoms with E-state index in [-0.39, 0.29) is 12.1 Å². The number of likely N-dealkylation sites (N-methyl/N-ethyl adjacent to an activating group) is 1. The molecule has 0 spiro atoms. The van der Waals surface area contributed by atoms with E-state index >= 15 is 0 Å². The van der Waals surface area contributed by atoms with Gasteiger partial charge in [0, 0.05) is 5.56 Å². The van der Waals surface area contributed by atoms with E-state index in [1.165, 1.54) is 0 Å². The molecule has 0 aliphatic carbocycles. The van der Waals surface area contributed by atoms with Crippen molar-refractivity contribution < 1.29 is 9.15 Å². The van der Waals surface area contributed by atoms with E-state index in [1.54, 1.807) is 6.26 Å². The molecule has 0 radical (unpaired) electrons. The highest BCUT2D eigenvalue weighted by Crippen LogP contribution is 2.24. The van der Waals surface area contributed by atoms with Crippen LogP contribution in [-0.2, 0) is 4.74 Å². The van der Waals surface area contributed by atoms with Gasteiger partial charge in [-0.25, -0.2) is 0 Å². The third kappa shape index (κ3) is 3.12. The first-order chi connectivity index (χ1) is 6.65. The summed E-state index contributed by atoms with van der Waals surface area (Å²) in [7, 11) is 1.91. The summed E-state index contributed by atoms with van der Waals surface area (Å²) in [4.78, 5) is 0. The molecule has 0 saturated carbocycles. The van der Waals surface area contributed by atoms with Gasteiger partial charge in [0.05, 0.1) is 25.0 Å². The topological polar surface area (TPSA) is 34.4 Å². The summed E-state index contributed by atoms with van der Waals surface area (Å²) in [5, 5.41) is 3.19. The zero-order valence-corrected chi connectivity index (χ0v) is 10.3. The van der Waals surface area contributed by atoms with Crippen molar-refractivity contribution in [2.75, 3.05) is 13.7 Å². The van der Waals surface area contributed by atoms with Crippen molar-refractivity contribution in [1.82, 2.24) is 5.32 Å². The van der Waals surface area contributed by atoms with Crippen molar-refractivity contribution in [2.45, 2.75) is 26.0 Å². The average molecular weight is 262 g/mol. The molecule has 0 saturated heterocycles. The number of halogens is 1. The van der Waals surface area contributed by atoms with Crippen LogP contribution in [0.15, 0.2) is 21.4 Å². The summed E-state index contributed by atoms with van der Waals surface area (Å²) in [5.41, 5.74) is 1.09. The molecule has 1 aromatic rings. The van der Waals surface area contributed by atoms with Gasteiger partial charge in [-0.15, -0.1) is 0 Å². The van der Waals surface area contributed by atoms with Crippen molar-refractivity contribution in [3.63, 3.8) is 0 Å². The van der Waals surface area contributed by atoms with Crippen molar-refractivity contribution in [3.05, 3.63) is 22.6 Å². The largest absolute Gasteiger partial charge is 0.457 e. The van der Waals surface area contributed by atoms with Gasteiger partial charge in [-0.3, -0.25) is 0 Å². The predicted molar refractivity (Wildman–Crippen MR) is 59.3 cm³/mol. The normalized spacial score (nSPS) is 13.5. The van der Waals surface area contributed by atoms with Crippen molar-refractivity contribution >= 4 is 15.9 Å². The van der Waals surface area contributed by atoms with Gasteiger partial charge in [0.2, 0.25) is 0 Å². The summed E-state index contributed by atoms with van der Waals surface area (Å²) in [6.07, 6.45) is 1.91.